The minimum Gasteiger partial charge on any atom is -0.303 e. The van der Waals surface area contributed by atoms with Crippen LogP contribution in [-0.2, 0) is 4.57 Å². The van der Waals surface area contributed by atoms with E-state index in [0.29, 0.717) is 0 Å². The Morgan fingerprint density at radius 1 is 0.720 bits per heavy atom. The lowest BCUT2D eigenvalue weighted by atomic mass is 10.0. The predicted octanol–water partition coefficient (Wildman–Crippen LogP) is 2.24. The van der Waals surface area contributed by atoms with Crippen molar-refractivity contribution >= 4 is 19.2 Å². The summed E-state index contributed by atoms with van der Waals surface area (Å²) in [5.74, 6) is 0. The van der Waals surface area contributed by atoms with Crippen LogP contribution in [0.2, 0.25) is 0 Å². The van der Waals surface area contributed by atoms with Gasteiger partial charge in [-0.1, -0.05) is 36.4 Å². The molecule has 0 saturated heterocycles. The Bertz CT molecular complexity index is 1260. The zero-order valence-electron chi connectivity index (χ0n) is 12.9. The highest BCUT2D eigenvalue weighted by Crippen LogP contribution is 2.38. The van der Waals surface area contributed by atoms with Crippen LogP contribution in [0.15, 0.2) is 70.6 Å². The quantitative estimate of drug-likeness (QED) is 0.372. The Hall–Kier alpha value is -2.63. The Kier molecular flexibility index (Phi) is 3.63. The molecule has 0 bridgehead atoms. The molecule has 25 heavy (non-hydrogen) atoms. The molecule has 2 aliphatic rings. The van der Waals surface area contributed by atoms with Crippen molar-refractivity contribution in [2.24, 2.45) is 9.98 Å². The van der Waals surface area contributed by atoms with Crippen molar-refractivity contribution in [2.75, 3.05) is 0 Å². The van der Waals surface area contributed by atoms with Crippen LogP contribution in [-0.4, -0.2) is 14.7 Å². The molecule has 3 N–H and O–H groups in total. The van der Waals surface area contributed by atoms with Crippen LogP contribution in [0.1, 0.15) is 0 Å². The fourth-order valence-corrected chi connectivity index (χ4v) is 3.10. The molecule has 0 spiro atoms. The van der Waals surface area contributed by atoms with E-state index in [2.05, 4.69) is 48.5 Å². The van der Waals surface area contributed by atoms with E-state index in [9.17, 15) is 0 Å². The Balaban J connectivity index is 0.000000280. The molecule has 0 fully saturated rings. The monoisotopic (exact) mass is 352 g/mol. The molecular formula is C18H13N2O4P. The molecule has 0 amide bonds. The van der Waals surface area contributed by atoms with Gasteiger partial charge in [-0.15, -0.1) is 0 Å². The van der Waals surface area contributed by atoms with Gasteiger partial charge in [0.15, 0.2) is 0 Å². The lowest BCUT2D eigenvalue weighted by molar-refractivity contribution is 0.275. The average Bonchev–Trinajstić information content (AvgIpc) is 3.11. The maximum Gasteiger partial charge on any atom is 0.466 e. The van der Waals surface area contributed by atoms with Crippen LogP contribution in [0.3, 0.4) is 0 Å². The second-order valence-electron chi connectivity index (χ2n) is 5.63. The number of benzene rings is 3. The highest BCUT2D eigenvalue weighted by atomic mass is 31.2. The van der Waals surface area contributed by atoms with Crippen molar-refractivity contribution in [3.05, 3.63) is 81.8 Å². The zero-order valence-corrected chi connectivity index (χ0v) is 13.8. The molecule has 7 heteroatoms. The number of phosphoric acid groups is 1. The molecule has 2 aliphatic heterocycles. The van der Waals surface area contributed by atoms with E-state index in [0.717, 1.165) is 22.1 Å². The van der Waals surface area contributed by atoms with Crippen LogP contribution in [0.4, 0.5) is 11.4 Å². The molecule has 0 saturated carbocycles. The van der Waals surface area contributed by atoms with Gasteiger partial charge in [0.2, 0.25) is 0 Å². The summed E-state index contributed by atoms with van der Waals surface area (Å²) in [5.41, 5.74) is 4.48. The molecule has 0 unspecified atom stereocenters. The molecule has 0 atom stereocenters. The maximum atomic E-state index is 8.88. The van der Waals surface area contributed by atoms with Gasteiger partial charge in [-0.3, -0.25) is 0 Å². The molecule has 0 aliphatic carbocycles. The third-order valence-corrected chi connectivity index (χ3v) is 4.00. The summed E-state index contributed by atoms with van der Waals surface area (Å²) < 4.78 is 8.88. The maximum absolute atomic E-state index is 8.88. The van der Waals surface area contributed by atoms with Crippen molar-refractivity contribution in [3.63, 3.8) is 0 Å². The Labute approximate surface area is 142 Å². The van der Waals surface area contributed by atoms with Crippen molar-refractivity contribution in [3.8, 4) is 11.1 Å². The van der Waals surface area contributed by atoms with E-state index in [1.165, 1.54) is 21.6 Å². The number of rotatable bonds is 0. The molecule has 6 nitrogen and oxygen atoms in total. The normalized spacial score (nSPS) is 12.6. The summed E-state index contributed by atoms with van der Waals surface area (Å²) in [5, 5.41) is 4.52. The molecule has 124 valence electrons. The molecule has 0 radical (unpaired) electrons. The van der Waals surface area contributed by atoms with E-state index in [1.54, 1.807) is 0 Å². The third-order valence-electron chi connectivity index (χ3n) is 4.00. The first kappa shape index (κ1) is 15.9. The van der Waals surface area contributed by atoms with Gasteiger partial charge < -0.3 is 14.7 Å². The zero-order chi connectivity index (χ0) is 17.6. The summed E-state index contributed by atoms with van der Waals surface area (Å²) in [6.07, 6.45) is 0. The summed E-state index contributed by atoms with van der Waals surface area (Å²) in [6, 6.07) is 20.8. The first-order chi connectivity index (χ1) is 11.9. The number of fused-ring (bicyclic) bond motifs is 6. The first-order valence-corrected chi connectivity index (χ1v) is 9.06. The highest BCUT2D eigenvalue weighted by molar-refractivity contribution is 7.45. The second-order valence-corrected chi connectivity index (χ2v) is 6.65. The molecule has 2 heterocycles. The second kappa shape index (κ2) is 5.72. The van der Waals surface area contributed by atoms with Gasteiger partial charge in [0, 0.05) is 21.6 Å². The van der Waals surface area contributed by atoms with Gasteiger partial charge in [-0.05, 0) is 24.3 Å². The number of hydrogen-bond donors (Lipinski definition) is 3. The minimum atomic E-state index is -4.64. The largest absolute Gasteiger partial charge is 0.466 e. The number of para-hydroxylation sites is 2. The van der Waals surface area contributed by atoms with Crippen LogP contribution in [0.25, 0.3) is 11.1 Å². The van der Waals surface area contributed by atoms with Crippen LogP contribution >= 0.6 is 7.82 Å². The summed E-state index contributed by atoms with van der Waals surface area (Å²) in [7, 11) is -4.64. The molecule has 5 rings (SSSR count). The van der Waals surface area contributed by atoms with Crippen molar-refractivity contribution in [1.82, 2.24) is 0 Å². The first-order valence-electron chi connectivity index (χ1n) is 7.49. The van der Waals surface area contributed by atoms with Crippen LogP contribution in [0.5, 0.6) is 0 Å². The molecule has 3 aromatic rings. The lowest BCUT2D eigenvalue weighted by Crippen LogP contribution is -2.00. The van der Waals surface area contributed by atoms with E-state index < -0.39 is 7.82 Å². The lowest BCUT2D eigenvalue weighted by Gasteiger charge is -2.01. The van der Waals surface area contributed by atoms with E-state index >= 15 is 0 Å². The van der Waals surface area contributed by atoms with E-state index in [-0.39, 0.29) is 0 Å². The van der Waals surface area contributed by atoms with Crippen molar-refractivity contribution in [2.45, 2.75) is 0 Å². The summed E-state index contributed by atoms with van der Waals surface area (Å²) >= 11 is 0. The summed E-state index contributed by atoms with van der Waals surface area (Å²) in [6.45, 7) is 0. The Morgan fingerprint density at radius 3 is 2.20 bits per heavy atom. The van der Waals surface area contributed by atoms with Crippen molar-refractivity contribution in [1.29, 1.82) is 0 Å². The van der Waals surface area contributed by atoms with E-state index in [1.807, 2.05) is 12.1 Å². The smallest absolute Gasteiger partial charge is 0.303 e. The molecule has 3 aromatic carbocycles. The minimum absolute atomic E-state index is 1.03. The topological polar surface area (TPSA) is 102 Å². The molecular weight excluding hydrogens is 339 g/mol. The van der Waals surface area contributed by atoms with Crippen molar-refractivity contribution < 1.29 is 19.2 Å². The average molecular weight is 352 g/mol. The van der Waals surface area contributed by atoms with Gasteiger partial charge in [0.1, 0.15) is 0 Å². The van der Waals surface area contributed by atoms with Crippen LogP contribution in [0, 0.1) is 10.4 Å². The van der Waals surface area contributed by atoms with Gasteiger partial charge >= 0.3 is 7.82 Å². The fourth-order valence-electron chi connectivity index (χ4n) is 3.10. The predicted molar refractivity (Wildman–Crippen MR) is 91.9 cm³/mol. The highest BCUT2D eigenvalue weighted by Gasteiger charge is 2.19. The SMILES string of the molecule is O=P(O)(O)O.c1ccc2c(c1)N=c1ccc3c(c1-2)N=c1ccccc1=3. The number of nitrogens with zero attached hydrogens (tertiary/aromatic N) is 2. The number of hydrogen-bond acceptors (Lipinski definition) is 3. The van der Waals surface area contributed by atoms with Crippen LogP contribution < -0.4 is 10.7 Å². The van der Waals surface area contributed by atoms with Gasteiger partial charge in [-0.2, -0.15) is 0 Å². The Morgan fingerprint density at radius 2 is 1.40 bits per heavy atom. The molecule has 0 aromatic heterocycles. The van der Waals surface area contributed by atoms with Gasteiger partial charge in [-0.25, -0.2) is 14.5 Å². The van der Waals surface area contributed by atoms with Gasteiger partial charge in [0.25, 0.3) is 0 Å². The fraction of sp³-hybridized carbons (Fsp3) is 0. The third kappa shape index (κ3) is 2.92. The standard InChI is InChI=1S/C18H10N2.H3O4P/c1-3-7-14-11(5-1)12-9-10-16-17(18(12)20-14)13-6-2-4-8-15(13)19-16;1-5(2,3)4/h1-10H;(H3,1,2,3,4). The van der Waals surface area contributed by atoms with E-state index in [4.69, 9.17) is 29.2 Å². The summed E-state index contributed by atoms with van der Waals surface area (Å²) in [4.78, 5) is 31.1. The van der Waals surface area contributed by atoms with Gasteiger partial charge in [0.05, 0.1) is 22.1 Å².